The maximum absolute atomic E-state index is 13.4. The van der Waals surface area contributed by atoms with Crippen LogP contribution in [0.25, 0.3) is 0 Å². The summed E-state index contributed by atoms with van der Waals surface area (Å²) in [6, 6.07) is 8.75. The number of rotatable bonds is 4. The second-order valence-corrected chi connectivity index (χ2v) is 9.02. The molecule has 3 rings (SSSR count). The van der Waals surface area contributed by atoms with Gasteiger partial charge in [-0.1, -0.05) is 18.6 Å². The van der Waals surface area contributed by atoms with Crippen molar-refractivity contribution in [2.24, 2.45) is 0 Å². The molecule has 2 aliphatic rings. The fourth-order valence-electron chi connectivity index (χ4n) is 4.32. The molecule has 0 bridgehead atoms. The SMILES string of the molecule is CC(C)(C)OC(=O)N1CC[C@@H](N2CCCCC2)[C@H]1C(=O)Cc1ccc(C#N)cc1. The Morgan fingerprint density at radius 2 is 1.76 bits per heavy atom. The quantitative estimate of drug-likeness (QED) is 0.777. The van der Waals surface area contributed by atoms with Crippen molar-refractivity contribution in [1.29, 1.82) is 5.26 Å². The van der Waals surface area contributed by atoms with Crippen molar-refractivity contribution < 1.29 is 14.3 Å². The van der Waals surface area contributed by atoms with E-state index in [4.69, 9.17) is 10.00 Å². The fourth-order valence-corrected chi connectivity index (χ4v) is 4.32. The van der Waals surface area contributed by atoms with Gasteiger partial charge >= 0.3 is 6.09 Å². The van der Waals surface area contributed by atoms with Crippen molar-refractivity contribution in [1.82, 2.24) is 9.80 Å². The molecule has 0 unspecified atom stereocenters. The maximum Gasteiger partial charge on any atom is 0.410 e. The normalized spacial score (nSPS) is 22.9. The molecule has 29 heavy (non-hydrogen) atoms. The minimum atomic E-state index is -0.596. The zero-order chi connectivity index (χ0) is 21.0. The highest BCUT2D eigenvalue weighted by Gasteiger charge is 2.45. The van der Waals surface area contributed by atoms with Gasteiger partial charge in [-0.05, 0) is 70.8 Å². The smallest absolute Gasteiger partial charge is 0.410 e. The summed E-state index contributed by atoms with van der Waals surface area (Å²) >= 11 is 0. The summed E-state index contributed by atoms with van der Waals surface area (Å²) in [4.78, 5) is 30.2. The van der Waals surface area contributed by atoms with Gasteiger partial charge in [0.15, 0.2) is 5.78 Å². The lowest BCUT2D eigenvalue weighted by Gasteiger charge is -2.37. The Bertz CT molecular complexity index is 770. The van der Waals surface area contributed by atoms with Gasteiger partial charge in [0, 0.05) is 19.0 Å². The van der Waals surface area contributed by atoms with Crippen LogP contribution in [-0.4, -0.2) is 59.0 Å². The van der Waals surface area contributed by atoms with Crippen LogP contribution in [0.15, 0.2) is 24.3 Å². The molecule has 0 spiro atoms. The number of benzene rings is 1. The first-order chi connectivity index (χ1) is 13.8. The van der Waals surface area contributed by atoms with Crippen molar-refractivity contribution in [2.45, 2.75) is 70.6 Å². The second kappa shape index (κ2) is 8.96. The van der Waals surface area contributed by atoms with Crippen LogP contribution in [0.3, 0.4) is 0 Å². The lowest BCUT2D eigenvalue weighted by molar-refractivity contribution is -0.124. The summed E-state index contributed by atoms with van der Waals surface area (Å²) in [5, 5.41) is 8.97. The number of nitrogens with zero attached hydrogens (tertiary/aromatic N) is 3. The predicted molar refractivity (Wildman–Crippen MR) is 110 cm³/mol. The summed E-state index contributed by atoms with van der Waals surface area (Å²) in [6.45, 7) is 8.03. The summed E-state index contributed by atoms with van der Waals surface area (Å²) in [6.07, 6.45) is 4.14. The molecule has 0 saturated carbocycles. The van der Waals surface area contributed by atoms with Gasteiger partial charge in [-0.25, -0.2) is 4.79 Å². The average molecular weight is 398 g/mol. The van der Waals surface area contributed by atoms with Gasteiger partial charge in [-0.15, -0.1) is 0 Å². The zero-order valence-electron chi connectivity index (χ0n) is 17.7. The zero-order valence-corrected chi connectivity index (χ0v) is 17.7. The number of ether oxygens (including phenoxy) is 1. The van der Waals surface area contributed by atoms with Crippen LogP contribution in [0, 0.1) is 11.3 Å². The first kappa shape index (κ1) is 21.3. The van der Waals surface area contributed by atoms with Crippen molar-refractivity contribution in [3.8, 4) is 6.07 Å². The van der Waals surface area contributed by atoms with E-state index in [-0.39, 0.29) is 18.2 Å². The highest BCUT2D eigenvalue weighted by atomic mass is 16.6. The molecule has 2 saturated heterocycles. The van der Waals surface area contributed by atoms with Crippen LogP contribution in [0.2, 0.25) is 0 Å². The lowest BCUT2D eigenvalue weighted by atomic mass is 9.95. The summed E-state index contributed by atoms with van der Waals surface area (Å²) in [5.74, 6) is 0.0358. The number of carbonyl (C=O) groups excluding carboxylic acids is 2. The van der Waals surface area contributed by atoms with Gasteiger partial charge < -0.3 is 4.74 Å². The molecule has 0 aromatic heterocycles. The fraction of sp³-hybridized carbons (Fsp3) is 0.609. The number of piperidine rings is 1. The molecular formula is C23H31N3O3. The number of carbonyl (C=O) groups is 2. The largest absolute Gasteiger partial charge is 0.444 e. The van der Waals surface area contributed by atoms with E-state index in [9.17, 15) is 9.59 Å². The van der Waals surface area contributed by atoms with E-state index in [1.807, 2.05) is 32.9 Å². The first-order valence-corrected chi connectivity index (χ1v) is 10.5. The second-order valence-electron chi connectivity index (χ2n) is 9.02. The number of ketones is 1. The lowest BCUT2D eigenvalue weighted by Crippen LogP contribution is -2.53. The van der Waals surface area contributed by atoms with E-state index < -0.39 is 17.7 Å². The Kier molecular flexibility index (Phi) is 6.59. The van der Waals surface area contributed by atoms with E-state index >= 15 is 0 Å². The molecule has 1 aromatic rings. The van der Waals surface area contributed by atoms with Crippen LogP contribution in [0.4, 0.5) is 4.79 Å². The monoisotopic (exact) mass is 397 g/mol. The van der Waals surface area contributed by atoms with Crippen LogP contribution in [0.5, 0.6) is 0 Å². The number of Topliss-reactive ketones (excluding diaryl/α,β-unsaturated/α-hetero) is 1. The average Bonchev–Trinajstić information content (AvgIpc) is 3.13. The van der Waals surface area contributed by atoms with Gasteiger partial charge in [0.05, 0.1) is 11.6 Å². The van der Waals surface area contributed by atoms with Gasteiger partial charge in [0.25, 0.3) is 0 Å². The van der Waals surface area contributed by atoms with E-state index in [0.717, 1.165) is 37.9 Å². The third kappa shape index (κ3) is 5.36. The number of nitriles is 1. The topological polar surface area (TPSA) is 73.6 Å². The Morgan fingerprint density at radius 3 is 2.34 bits per heavy atom. The highest BCUT2D eigenvalue weighted by Crippen LogP contribution is 2.29. The Balaban J connectivity index is 1.80. The van der Waals surface area contributed by atoms with Crippen LogP contribution >= 0.6 is 0 Å². The number of hydrogen-bond acceptors (Lipinski definition) is 5. The molecule has 0 radical (unpaired) electrons. The Hall–Kier alpha value is -2.39. The highest BCUT2D eigenvalue weighted by molar-refractivity contribution is 5.90. The van der Waals surface area contributed by atoms with E-state index in [1.54, 1.807) is 17.0 Å². The molecule has 2 heterocycles. The van der Waals surface area contributed by atoms with Crippen molar-refractivity contribution >= 4 is 11.9 Å². The van der Waals surface area contributed by atoms with Gasteiger partial charge in [-0.3, -0.25) is 14.6 Å². The molecule has 1 aromatic carbocycles. The number of amides is 1. The molecular weight excluding hydrogens is 366 g/mol. The van der Waals surface area contributed by atoms with E-state index in [1.165, 1.54) is 6.42 Å². The van der Waals surface area contributed by atoms with Crippen LogP contribution in [-0.2, 0) is 16.0 Å². The van der Waals surface area contributed by atoms with E-state index in [2.05, 4.69) is 11.0 Å². The van der Waals surface area contributed by atoms with Gasteiger partial charge in [0.1, 0.15) is 11.6 Å². The molecule has 0 N–H and O–H groups in total. The molecule has 0 aliphatic carbocycles. The molecule has 6 nitrogen and oxygen atoms in total. The standard InChI is InChI=1S/C23H31N3O3/c1-23(2,3)29-22(28)26-14-11-19(25-12-5-4-6-13-25)21(26)20(27)15-17-7-9-18(16-24)10-8-17/h7-10,19,21H,4-6,11-15H2,1-3H3/t19-,21+/m1/s1. The van der Waals surface area contributed by atoms with Gasteiger partial charge in [-0.2, -0.15) is 5.26 Å². The summed E-state index contributed by atoms with van der Waals surface area (Å²) < 4.78 is 5.60. The molecule has 156 valence electrons. The van der Waals surface area contributed by atoms with Crippen molar-refractivity contribution in [2.75, 3.05) is 19.6 Å². The minimum Gasteiger partial charge on any atom is -0.444 e. The first-order valence-electron chi connectivity index (χ1n) is 10.5. The third-order valence-corrected chi connectivity index (χ3v) is 5.64. The molecule has 6 heteroatoms. The van der Waals surface area contributed by atoms with Crippen LogP contribution < -0.4 is 0 Å². The van der Waals surface area contributed by atoms with E-state index in [0.29, 0.717) is 12.1 Å². The Labute approximate surface area is 173 Å². The maximum atomic E-state index is 13.4. The molecule has 1 amide bonds. The Morgan fingerprint density at radius 1 is 1.10 bits per heavy atom. The third-order valence-electron chi connectivity index (χ3n) is 5.64. The van der Waals surface area contributed by atoms with Crippen molar-refractivity contribution in [3.63, 3.8) is 0 Å². The van der Waals surface area contributed by atoms with Gasteiger partial charge in [0.2, 0.25) is 0 Å². The van der Waals surface area contributed by atoms with Crippen LogP contribution in [0.1, 0.15) is 57.6 Å². The number of hydrogen-bond donors (Lipinski definition) is 0. The van der Waals surface area contributed by atoms with Crippen molar-refractivity contribution in [3.05, 3.63) is 35.4 Å². The molecule has 2 aliphatic heterocycles. The molecule has 2 atom stereocenters. The predicted octanol–water partition coefficient (Wildman–Crippen LogP) is 3.53. The summed E-state index contributed by atoms with van der Waals surface area (Å²) in [7, 11) is 0. The molecule has 2 fully saturated rings. The summed E-state index contributed by atoms with van der Waals surface area (Å²) in [5.41, 5.74) is 0.840. The number of likely N-dealkylation sites (tertiary alicyclic amines) is 2. The minimum absolute atomic E-state index is 0.0358.